The number of rotatable bonds is 7. The molecule has 0 atom stereocenters. The maximum Gasteiger partial charge on any atom is 0.339 e. The molecule has 0 aromatic carbocycles. The van der Waals surface area contributed by atoms with Crippen LogP contribution in [-0.2, 0) is 17.6 Å². The maximum atomic E-state index is 11.4. The minimum absolute atomic E-state index is 0.0203. The number of fused-ring (bicyclic) bond motifs is 1. The molecule has 2 N–H and O–H groups in total. The van der Waals surface area contributed by atoms with E-state index in [4.69, 9.17) is 4.74 Å². The Morgan fingerprint density at radius 3 is 2.90 bits per heavy atom. The van der Waals surface area contributed by atoms with Crippen LogP contribution in [0, 0.1) is 5.41 Å². The number of anilines is 1. The van der Waals surface area contributed by atoms with Crippen LogP contribution < -0.4 is 5.32 Å². The van der Waals surface area contributed by atoms with Gasteiger partial charge in [0.1, 0.15) is 11.4 Å². The van der Waals surface area contributed by atoms with E-state index in [1.807, 2.05) is 0 Å². The molecule has 116 valence electrons. The average molecular weight is 292 g/mol. The fourth-order valence-electron chi connectivity index (χ4n) is 2.56. The van der Waals surface area contributed by atoms with E-state index in [-0.39, 0.29) is 11.0 Å². The van der Waals surface area contributed by atoms with Gasteiger partial charge in [-0.2, -0.15) is 0 Å². The van der Waals surface area contributed by atoms with Gasteiger partial charge < -0.3 is 15.2 Å². The van der Waals surface area contributed by atoms with Crippen molar-refractivity contribution in [3.63, 3.8) is 0 Å². The van der Waals surface area contributed by atoms with Crippen molar-refractivity contribution in [3.05, 3.63) is 22.9 Å². The first kappa shape index (κ1) is 15.8. The minimum atomic E-state index is -0.922. The van der Waals surface area contributed by atoms with Crippen LogP contribution in [0.5, 0.6) is 0 Å². The van der Waals surface area contributed by atoms with Crippen molar-refractivity contribution < 1.29 is 14.6 Å². The van der Waals surface area contributed by atoms with E-state index in [1.165, 1.54) is 0 Å². The topological polar surface area (TPSA) is 71.5 Å². The van der Waals surface area contributed by atoms with Crippen molar-refractivity contribution in [2.75, 3.05) is 25.6 Å². The van der Waals surface area contributed by atoms with Gasteiger partial charge in [0.25, 0.3) is 0 Å². The van der Waals surface area contributed by atoms with Crippen LogP contribution in [0.2, 0.25) is 0 Å². The first-order valence-electron chi connectivity index (χ1n) is 7.42. The third-order valence-electron chi connectivity index (χ3n) is 4.00. The number of hydrogen-bond donors (Lipinski definition) is 2. The number of methoxy groups -OCH3 is 1. The number of aryl methyl sites for hydroxylation is 2. The summed E-state index contributed by atoms with van der Waals surface area (Å²) in [5.74, 6) is -0.428. The van der Waals surface area contributed by atoms with Crippen LogP contribution in [0.3, 0.4) is 0 Å². The first-order valence-corrected chi connectivity index (χ1v) is 7.42. The molecule has 0 radical (unpaired) electrons. The van der Waals surface area contributed by atoms with Crippen LogP contribution in [0.25, 0.3) is 0 Å². The lowest BCUT2D eigenvalue weighted by atomic mass is 9.89. The Balaban J connectivity index is 2.14. The molecule has 1 aromatic rings. The second-order valence-electron chi connectivity index (χ2n) is 6.41. The van der Waals surface area contributed by atoms with Crippen LogP contribution in [0.1, 0.15) is 48.3 Å². The van der Waals surface area contributed by atoms with E-state index in [0.717, 1.165) is 36.9 Å². The standard InChI is InChI=1S/C16H24N2O3/c1-16(2,7-8-21-3)10-17-14-12(15(19)20)9-11-5-4-6-13(11)18-14/h9H,4-8,10H2,1-3H3,(H,17,18)(H,19,20). The largest absolute Gasteiger partial charge is 0.478 e. The zero-order valence-electron chi connectivity index (χ0n) is 13.0. The van der Waals surface area contributed by atoms with Gasteiger partial charge in [-0.05, 0) is 42.7 Å². The predicted molar refractivity (Wildman–Crippen MR) is 82.0 cm³/mol. The molecule has 21 heavy (non-hydrogen) atoms. The Bertz CT molecular complexity index is 526. The molecule has 0 saturated carbocycles. The molecule has 5 heteroatoms. The molecule has 0 spiro atoms. The van der Waals surface area contributed by atoms with Crippen molar-refractivity contribution >= 4 is 11.8 Å². The zero-order chi connectivity index (χ0) is 15.5. The van der Waals surface area contributed by atoms with Gasteiger partial charge in [0, 0.05) is 26.0 Å². The predicted octanol–water partition coefficient (Wildman–Crippen LogP) is 2.74. The van der Waals surface area contributed by atoms with Crippen molar-refractivity contribution in [3.8, 4) is 0 Å². The quantitative estimate of drug-likeness (QED) is 0.808. The molecule has 0 unspecified atom stereocenters. The third-order valence-corrected chi connectivity index (χ3v) is 4.00. The summed E-state index contributed by atoms with van der Waals surface area (Å²) < 4.78 is 5.11. The summed E-state index contributed by atoms with van der Waals surface area (Å²) in [7, 11) is 1.69. The van der Waals surface area contributed by atoms with Crippen molar-refractivity contribution in [2.45, 2.75) is 39.5 Å². The van der Waals surface area contributed by atoms with E-state index in [0.29, 0.717) is 19.0 Å². The maximum absolute atomic E-state index is 11.4. The highest BCUT2D eigenvalue weighted by Gasteiger charge is 2.22. The summed E-state index contributed by atoms with van der Waals surface area (Å²) in [6.45, 7) is 5.63. The monoisotopic (exact) mass is 292 g/mol. The highest BCUT2D eigenvalue weighted by molar-refractivity contribution is 5.93. The Kier molecular flexibility index (Phi) is 4.83. The van der Waals surface area contributed by atoms with Crippen LogP contribution in [0.4, 0.5) is 5.82 Å². The van der Waals surface area contributed by atoms with E-state index >= 15 is 0 Å². The lowest BCUT2D eigenvalue weighted by Gasteiger charge is -2.25. The second-order valence-corrected chi connectivity index (χ2v) is 6.41. The van der Waals surface area contributed by atoms with E-state index in [1.54, 1.807) is 13.2 Å². The summed E-state index contributed by atoms with van der Waals surface area (Å²) >= 11 is 0. The molecule has 5 nitrogen and oxygen atoms in total. The number of aromatic carboxylic acids is 1. The molecule has 1 heterocycles. The highest BCUT2D eigenvalue weighted by Crippen LogP contribution is 2.27. The molecular formula is C16H24N2O3. The summed E-state index contributed by atoms with van der Waals surface area (Å²) in [5.41, 5.74) is 2.42. The summed E-state index contributed by atoms with van der Waals surface area (Å²) in [4.78, 5) is 16.0. The lowest BCUT2D eigenvalue weighted by molar-refractivity contribution is 0.0697. The number of pyridine rings is 1. The Hall–Kier alpha value is -1.62. The fraction of sp³-hybridized carbons (Fsp3) is 0.625. The highest BCUT2D eigenvalue weighted by atomic mass is 16.5. The van der Waals surface area contributed by atoms with Gasteiger partial charge in [0.2, 0.25) is 0 Å². The van der Waals surface area contributed by atoms with E-state index < -0.39 is 5.97 Å². The molecule has 0 bridgehead atoms. The zero-order valence-corrected chi connectivity index (χ0v) is 13.0. The van der Waals surface area contributed by atoms with Gasteiger partial charge in [-0.15, -0.1) is 0 Å². The second kappa shape index (κ2) is 6.43. The SMILES string of the molecule is COCCC(C)(C)CNc1nc2c(cc1C(=O)O)CCC2. The van der Waals surface area contributed by atoms with E-state index in [9.17, 15) is 9.90 Å². The molecule has 0 aliphatic heterocycles. The van der Waals surface area contributed by atoms with Crippen LogP contribution in [0.15, 0.2) is 6.07 Å². The number of carboxylic acids is 1. The molecule has 0 fully saturated rings. The molecular weight excluding hydrogens is 268 g/mol. The van der Waals surface area contributed by atoms with Crippen LogP contribution >= 0.6 is 0 Å². The number of carboxylic acid groups (broad SMARTS) is 1. The van der Waals surface area contributed by atoms with Crippen molar-refractivity contribution in [1.82, 2.24) is 4.98 Å². The molecule has 1 aliphatic rings. The van der Waals surface area contributed by atoms with Gasteiger partial charge in [-0.25, -0.2) is 9.78 Å². The van der Waals surface area contributed by atoms with Gasteiger partial charge >= 0.3 is 5.97 Å². The number of carbonyl (C=O) groups is 1. The Morgan fingerprint density at radius 1 is 1.48 bits per heavy atom. The van der Waals surface area contributed by atoms with Gasteiger partial charge in [-0.3, -0.25) is 0 Å². The number of hydrogen-bond acceptors (Lipinski definition) is 4. The molecule has 1 aliphatic carbocycles. The number of nitrogens with zero attached hydrogens (tertiary/aromatic N) is 1. The van der Waals surface area contributed by atoms with Gasteiger partial charge in [0.05, 0.1) is 0 Å². The number of nitrogens with one attached hydrogen (secondary N) is 1. The Labute approximate surface area is 125 Å². The summed E-state index contributed by atoms with van der Waals surface area (Å²) in [6.07, 6.45) is 3.84. The average Bonchev–Trinajstić information content (AvgIpc) is 2.89. The molecule has 0 saturated heterocycles. The molecule has 2 rings (SSSR count). The van der Waals surface area contributed by atoms with E-state index in [2.05, 4.69) is 24.1 Å². The number of ether oxygens (including phenoxy) is 1. The first-order chi connectivity index (χ1) is 9.93. The van der Waals surface area contributed by atoms with Gasteiger partial charge in [0.15, 0.2) is 0 Å². The summed E-state index contributed by atoms with van der Waals surface area (Å²) in [5, 5.41) is 12.6. The number of aromatic nitrogens is 1. The van der Waals surface area contributed by atoms with Crippen molar-refractivity contribution in [1.29, 1.82) is 0 Å². The normalized spacial score (nSPS) is 14.0. The molecule has 0 amide bonds. The lowest BCUT2D eigenvalue weighted by Crippen LogP contribution is -2.26. The molecule has 1 aromatic heterocycles. The smallest absolute Gasteiger partial charge is 0.339 e. The van der Waals surface area contributed by atoms with Crippen LogP contribution in [-0.4, -0.2) is 36.3 Å². The fourth-order valence-corrected chi connectivity index (χ4v) is 2.56. The Morgan fingerprint density at radius 2 is 2.24 bits per heavy atom. The van der Waals surface area contributed by atoms with Gasteiger partial charge in [-0.1, -0.05) is 13.8 Å². The minimum Gasteiger partial charge on any atom is -0.478 e. The summed E-state index contributed by atoms with van der Waals surface area (Å²) in [6, 6.07) is 1.78. The third kappa shape index (κ3) is 3.94. The van der Waals surface area contributed by atoms with Crippen molar-refractivity contribution in [2.24, 2.45) is 5.41 Å².